The van der Waals surface area contributed by atoms with Gasteiger partial charge in [0.2, 0.25) is 0 Å². The fraction of sp³-hybridized carbons (Fsp3) is 0.324. The summed E-state index contributed by atoms with van der Waals surface area (Å²) in [6.07, 6.45) is 16.0. The molecule has 0 saturated heterocycles. The summed E-state index contributed by atoms with van der Waals surface area (Å²) in [4.78, 5) is 52.0. The number of ether oxygens (including phenoxy) is 2. The molecule has 0 saturated carbocycles. The van der Waals surface area contributed by atoms with Crippen LogP contribution in [0, 0.1) is 30.5 Å². The predicted molar refractivity (Wildman–Crippen MR) is 176 cm³/mol. The smallest absolute Gasteiger partial charge is 0.350 e. The van der Waals surface area contributed by atoms with Crippen LogP contribution in [0.2, 0.25) is 10.0 Å². The molecule has 246 valence electrons. The molecule has 3 aliphatic heterocycles. The number of nitrogens with zero attached hydrogens (tertiary/aromatic N) is 5. The molecule has 11 nitrogen and oxygen atoms in total. The fourth-order valence-electron chi connectivity index (χ4n) is 6.07. The molecule has 14 heteroatoms. The van der Waals surface area contributed by atoms with E-state index in [0.717, 1.165) is 48.9 Å². The Morgan fingerprint density at radius 1 is 0.875 bits per heavy atom. The molecule has 0 bridgehead atoms. The Balaban J connectivity index is 0.000000170. The zero-order chi connectivity index (χ0) is 34.1. The van der Waals surface area contributed by atoms with Gasteiger partial charge in [-0.2, -0.15) is 4.68 Å². The summed E-state index contributed by atoms with van der Waals surface area (Å²) >= 11 is 12.3. The van der Waals surface area contributed by atoms with E-state index in [1.807, 2.05) is 0 Å². The molecular formula is C34H28Cl2FN5O6. The zero-order valence-corrected chi connectivity index (χ0v) is 27.1. The van der Waals surface area contributed by atoms with Gasteiger partial charge in [-0.1, -0.05) is 35.0 Å². The first-order valence-electron chi connectivity index (χ1n) is 15.2. The molecule has 0 radical (unpaired) electrons. The normalized spacial score (nSPS) is 16.6. The van der Waals surface area contributed by atoms with Crippen molar-refractivity contribution >= 4 is 52.3 Å². The Bertz CT molecular complexity index is 2010. The quantitative estimate of drug-likeness (QED) is 0.283. The molecule has 3 aromatic rings. The highest BCUT2D eigenvalue weighted by atomic mass is 35.5. The number of hydrogen-bond donors (Lipinski definition) is 0. The average Bonchev–Trinajstić information content (AvgIpc) is 3.54. The summed E-state index contributed by atoms with van der Waals surface area (Å²) in [6, 6.07) is 5.48. The maximum atomic E-state index is 14.7. The van der Waals surface area contributed by atoms with Crippen LogP contribution in [0.25, 0.3) is 5.69 Å². The summed E-state index contributed by atoms with van der Waals surface area (Å²) in [5, 5.41) is 5.04. The minimum Gasteiger partial charge on any atom is -0.481 e. The van der Waals surface area contributed by atoms with Crippen molar-refractivity contribution in [2.75, 3.05) is 29.6 Å². The van der Waals surface area contributed by atoms with Gasteiger partial charge in [-0.25, -0.2) is 14.1 Å². The van der Waals surface area contributed by atoms with Gasteiger partial charge in [0.1, 0.15) is 23.9 Å². The standard InChI is InChI=1S/C19H15FN2O4.C15H13Cl2N3O2/c1-2-7-21-15-9-14(13(20)8-16(15)26-10-17(21)23)22-18(24)11-5-3-4-6-12(11)19(22)25;1-2-7-22-13-9-12(10(16)8-11(13)17)20-15(21)19-6-4-3-5-14(19)18-20/h1,8-9H,3-7,10H2;1,8-9H,3-7H2. The van der Waals surface area contributed by atoms with Crippen LogP contribution in [0.4, 0.5) is 15.8 Å². The van der Waals surface area contributed by atoms with E-state index in [1.165, 1.54) is 21.7 Å². The summed E-state index contributed by atoms with van der Waals surface area (Å²) in [5.41, 5.74) is 1.22. The fourth-order valence-corrected chi connectivity index (χ4v) is 6.59. The third-order valence-corrected chi connectivity index (χ3v) is 8.96. The second kappa shape index (κ2) is 13.6. The van der Waals surface area contributed by atoms with Gasteiger partial charge < -0.3 is 9.47 Å². The maximum Gasteiger partial charge on any atom is 0.350 e. The molecule has 0 spiro atoms. The number of carbonyl (C=O) groups excluding carboxylic acids is 3. The molecule has 48 heavy (non-hydrogen) atoms. The van der Waals surface area contributed by atoms with Crippen molar-refractivity contribution in [2.24, 2.45) is 0 Å². The Hall–Kier alpha value is -5.04. The first-order valence-corrected chi connectivity index (χ1v) is 16.0. The number of halogens is 3. The number of imide groups is 1. The van der Waals surface area contributed by atoms with Crippen LogP contribution in [0.3, 0.4) is 0 Å². The molecule has 4 aliphatic rings. The molecule has 7 rings (SSSR count). The van der Waals surface area contributed by atoms with Crippen molar-refractivity contribution in [3.05, 3.63) is 67.6 Å². The van der Waals surface area contributed by atoms with Crippen LogP contribution in [0.5, 0.6) is 11.5 Å². The van der Waals surface area contributed by atoms with E-state index in [-0.39, 0.29) is 48.5 Å². The summed E-state index contributed by atoms with van der Waals surface area (Å²) in [5.74, 6) is 3.92. The van der Waals surface area contributed by atoms with Crippen molar-refractivity contribution in [3.8, 4) is 41.9 Å². The van der Waals surface area contributed by atoms with Crippen molar-refractivity contribution in [2.45, 2.75) is 51.5 Å². The van der Waals surface area contributed by atoms with E-state index in [1.54, 1.807) is 10.6 Å². The maximum absolute atomic E-state index is 14.7. The summed E-state index contributed by atoms with van der Waals surface area (Å²) in [7, 11) is 0. The first-order chi connectivity index (χ1) is 23.1. The van der Waals surface area contributed by atoms with Crippen molar-refractivity contribution in [1.82, 2.24) is 14.3 Å². The molecule has 2 aromatic carbocycles. The number of hydrogen-bond acceptors (Lipinski definition) is 7. The van der Waals surface area contributed by atoms with Gasteiger partial charge in [-0.05, 0) is 50.7 Å². The van der Waals surface area contributed by atoms with Crippen LogP contribution in [-0.2, 0) is 27.3 Å². The highest BCUT2D eigenvalue weighted by molar-refractivity contribution is 6.36. The van der Waals surface area contributed by atoms with Crippen LogP contribution >= 0.6 is 23.2 Å². The topological polar surface area (TPSA) is 116 Å². The van der Waals surface area contributed by atoms with E-state index < -0.39 is 17.6 Å². The van der Waals surface area contributed by atoms with Gasteiger partial charge in [0, 0.05) is 36.2 Å². The average molecular weight is 693 g/mol. The Morgan fingerprint density at radius 3 is 2.25 bits per heavy atom. The van der Waals surface area contributed by atoms with Crippen molar-refractivity contribution < 1.29 is 28.2 Å². The van der Waals surface area contributed by atoms with Crippen LogP contribution in [-0.4, -0.2) is 51.8 Å². The number of aryl methyl sites for hydroxylation is 1. The number of rotatable bonds is 5. The summed E-state index contributed by atoms with van der Waals surface area (Å²) < 4.78 is 28.3. The second-order valence-corrected chi connectivity index (χ2v) is 12.1. The molecule has 0 N–H and O–H groups in total. The molecule has 0 fully saturated rings. The van der Waals surface area contributed by atoms with E-state index in [0.29, 0.717) is 52.0 Å². The van der Waals surface area contributed by atoms with E-state index in [4.69, 9.17) is 45.5 Å². The highest BCUT2D eigenvalue weighted by Crippen LogP contribution is 2.42. The Morgan fingerprint density at radius 2 is 1.58 bits per heavy atom. The molecular weight excluding hydrogens is 664 g/mol. The van der Waals surface area contributed by atoms with Gasteiger partial charge in [-0.3, -0.25) is 23.9 Å². The number of anilines is 2. The lowest BCUT2D eigenvalue weighted by Gasteiger charge is -2.29. The molecule has 1 aromatic heterocycles. The number of amides is 3. The monoisotopic (exact) mass is 691 g/mol. The van der Waals surface area contributed by atoms with Gasteiger partial charge in [-0.15, -0.1) is 17.9 Å². The third kappa shape index (κ3) is 5.94. The lowest BCUT2D eigenvalue weighted by atomic mass is 9.93. The SMILES string of the molecule is C#CCN1C(=O)COc2cc(F)c(N3C(=O)C4=C(CCCC4)C3=O)cc21.C#CCOc1cc(-n2nc3n(c2=O)CCCC3)c(Cl)cc1Cl. The van der Waals surface area contributed by atoms with Gasteiger partial charge in [0.05, 0.1) is 33.7 Å². The van der Waals surface area contributed by atoms with Gasteiger partial charge in [0.25, 0.3) is 17.7 Å². The lowest BCUT2D eigenvalue weighted by Crippen LogP contribution is -2.39. The van der Waals surface area contributed by atoms with E-state index in [9.17, 15) is 23.6 Å². The molecule has 3 amide bonds. The summed E-state index contributed by atoms with van der Waals surface area (Å²) in [6.45, 7) is 0.497. The highest BCUT2D eigenvalue weighted by Gasteiger charge is 2.41. The number of aromatic nitrogens is 3. The minimum absolute atomic E-state index is 0.0170. The van der Waals surface area contributed by atoms with Crippen LogP contribution in [0.15, 0.2) is 40.2 Å². The Kier molecular flexibility index (Phi) is 9.31. The molecule has 0 unspecified atom stereocenters. The molecule has 1 aliphatic carbocycles. The Labute approximate surface area is 284 Å². The second-order valence-electron chi connectivity index (χ2n) is 11.3. The zero-order valence-electron chi connectivity index (χ0n) is 25.6. The number of terminal acetylenes is 2. The third-order valence-electron chi connectivity index (χ3n) is 8.36. The first kappa shape index (κ1) is 32.9. The van der Waals surface area contributed by atoms with Crippen LogP contribution < -0.4 is 25.0 Å². The van der Waals surface area contributed by atoms with Crippen molar-refractivity contribution in [1.29, 1.82) is 0 Å². The number of benzene rings is 2. The van der Waals surface area contributed by atoms with Crippen molar-refractivity contribution in [3.63, 3.8) is 0 Å². The van der Waals surface area contributed by atoms with Gasteiger partial charge >= 0.3 is 5.69 Å². The van der Waals surface area contributed by atoms with Crippen LogP contribution in [0.1, 0.15) is 44.3 Å². The largest absolute Gasteiger partial charge is 0.481 e. The minimum atomic E-state index is -0.764. The van der Waals surface area contributed by atoms with E-state index >= 15 is 0 Å². The predicted octanol–water partition coefficient (Wildman–Crippen LogP) is 4.62. The lowest BCUT2D eigenvalue weighted by molar-refractivity contribution is -0.121. The van der Waals surface area contributed by atoms with E-state index in [2.05, 4.69) is 16.9 Å². The molecule has 4 heterocycles. The molecule has 0 atom stereocenters. The number of carbonyl (C=O) groups is 3. The van der Waals surface area contributed by atoms with Gasteiger partial charge in [0.15, 0.2) is 12.4 Å². The number of fused-ring (bicyclic) bond motifs is 2.